The van der Waals surface area contributed by atoms with Crippen LogP contribution in [0.25, 0.3) is 44.4 Å². The van der Waals surface area contributed by atoms with Crippen molar-refractivity contribution in [1.82, 2.24) is 15.0 Å². The van der Waals surface area contributed by atoms with E-state index < -0.39 is 5.97 Å². The van der Waals surface area contributed by atoms with E-state index in [9.17, 15) is 14.7 Å². The number of fused-ring (bicyclic) bond motifs is 2. The van der Waals surface area contributed by atoms with Crippen LogP contribution in [0.4, 0.5) is 0 Å². The SMILES string of the molecule is COC(=O)c1cc(Cc2cc3cc(Br)c(Cl)cc3[nH]2)ccc1C.Cc1ccc(Cc2cc3cc(-c4ccc(-c5ncco5)cc4)c(Cl)cc3[nH]2)cc1C(=O)O. The second-order valence-corrected chi connectivity index (χ2v) is 14.9. The van der Waals surface area contributed by atoms with Crippen molar-refractivity contribution in [2.75, 3.05) is 7.11 Å². The fourth-order valence-electron chi connectivity index (χ4n) is 6.53. The van der Waals surface area contributed by atoms with Gasteiger partial charge >= 0.3 is 11.9 Å². The lowest BCUT2D eigenvalue weighted by atomic mass is 10.0. The monoisotopic (exact) mass is 833 g/mol. The lowest BCUT2D eigenvalue weighted by molar-refractivity contribution is 0.0598. The maximum absolute atomic E-state index is 11.8. The quantitative estimate of drug-likeness (QED) is 0.131. The zero-order chi connectivity index (χ0) is 38.8. The third-order valence-electron chi connectivity index (χ3n) is 9.39. The van der Waals surface area contributed by atoms with Gasteiger partial charge in [0.15, 0.2) is 0 Å². The molecule has 0 spiro atoms. The number of carboxylic acid groups (broad SMARTS) is 1. The van der Waals surface area contributed by atoms with Crippen LogP contribution in [0.1, 0.15) is 54.4 Å². The van der Waals surface area contributed by atoms with E-state index in [4.69, 9.17) is 32.4 Å². The average Bonchev–Trinajstić information content (AvgIpc) is 3.93. The van der Waals surface area contributed by atoms with E-state index in [0.717, 1.165) is 76.6 Å². The highest BCUT2D eigenvalue weighted by Crippen LogP contribution is 2.34. The summed E-state index contributed by atoms with van der Waals surface area (Å²) in [6.07, 6.45) is 4.48. The minimum absolute atomic E-state index is 0.309. The number of rotatable bonds is 8. The zero-order valence-electron chi connectivity index (χ0n) is 30.0. The van der Waals surface area contributed by atoms with Crippen molar-refractivity contribution in [3.63, 3.8) is 0 Å². The van der Waals surface area contributed by atoms with Crippen LogP contribution in [0, 0.1) is 13.8 Å². The van der Waals surface area contributed by atoms with Crippen molar-refractivity contribution in [2.24, 2.45) is 0 Å². The molecule has 0 atom stereocenters. The number of benzene rings is 5. The van der Waals surface area contributed by atoms with Crippen LogP contribution in [0.3, 0.4) is 0 Å². The normalized spacial score (nSPS) is 11.1. The van der Waals surface area contributed by atoms with Gasteiger partial charge in [-0.05, 0) is 118 Å². The van der Waals surface area contributed by atoms with Crippen molar-refractivity contribution in [3.8, 4) is 22.6 Å². The maximum Gasteiger partial charge on any atom is 0.338 e. The number of carbonyl (C=O) groups is 2. The number of aryl methyl sites for hydroxylation is 2. The Balaban J connectivity index is 0.000000179. The molecule has 0 aliphatic heterocycles. The summed E-state index contributed by atoms with van der Waals surface area (Å²) in [5, 5.41) is 12.8. The molecule has 0 radical (unpaired) electrons. The number of hydrogen-bond acceptors (Lipinski definition) is 5. The molecule has 3 aromatic heterocycles. The molecule has 0 fully saturated rings. The summed E-state index contributed by atoms with van der Waals surface area (Å²) in [6, 6.07) is 31.4. The van der Waals surface area contributed by atoms with Gasteiger partial charge in [-0.25, -0.2) is 14.6 Å². The number of halogens is 3. The maximum atomic E-state index is 11.8. The Morgan fingerprint density at radius 1 is 0.745 bits per heavy atom. The molecule has 0 unspecified atom stereocenters. The first-order valence-electron chi connectivity index (χ1n) is 17.2. The second-order valence-electron chi connectivity index (χ2n) is 13.2. The van der Waals surface area contributed by atoms with Gasteiger partial charge in [-0.15, -0.1) is 0 Å². The number of methoxy groups -OCH3 is 1. The van der Waals surface area contributed by atoms with Gasteiger partial charge in [0, 0.05) is 61.6 Å². The Kier molecular flexibility index (Phi) is 11.0. The molecule has 3 heterocycles. The number of nitrogens with one attached hydrogen (secondary N) is 2. The summed E-state index contributed by atoms with van der Waals surface area (Å²) in [4.78, 5) is 34.2. The molecule has 0 aliphatic carbocycles. The molecule has 3 N–H and O–H groups in total. The number of carboxylic acids is 1. The zero-order valence-corrected chi connectivity index (χ0v) is 33.1. The van der Waals surface area contributed by atoms with Gasteiger partial charge in [0.25, 0.3) is 0 Å². The lowest BCUT2D eigenvalue weighted by Gasteiger charge is -2.06. The van der Waals surface area contributed by atoms with Crippen LogP contribution in [-0.4, -0.2) is 39.1 Å². The molecule has 8 rings (SSSR count). The van der Waals surface area contributed by atoms with E-state index in [1.807, 2.05) is 79.7 Å². The van der Waals surface area contributed by atoms with E-state index >= 15 is 0 Å². The largest absolute Gasteiger partial charge is 0.478 e. The summed E-state index contributed by atoms with van der Waals surface area (Å²) in [5.74, 6) is -0.640. The number of ether oxygens (including phenoxy) is 1. The molecule has 0 saturated heterocycles. The standard InChI is InChI=1S/C26H19ClN2O3.C18H15BrClNO2/c1-15-2-3-16(11-21(15)26(30)31)10-20-12-19-13-22(23(27)14-24(19)29-20)17-4-6-18(7-5-17)25-28-8-9-32-25;1-10-3-4-11(6-14(10)18(22)23-2)5-13-7-12-8-15(19)16(20)9-17(12)21-13/h2-9,11-14,29H,10H2,1H3,(H,30,31);3-4,6-9,21H,5H2,1-2H3. The van der Waals surface area contributed by atoms with Gasteiger partial charge in [0.05, 0.1) is 34.5 Å². The Hall–Kier alpha value is -5.61. The number of aromatic amines is 2. The van der Waals surface area contributed by atoms with E-state index in [-0.39, 0.29) is 5.97 Å². The molecule has 8 nitrogen and oxygen atoms in total. The van der Waals surface area contributed by atoms with Crippen LogP contribution in [-0.2, 0) is 17.6 Å². The number of oxazole rings is 1. The number of esters is 1. The average molecular weight is 836 g/mol. The highest BCUT2D eigenvalue weighted by molar-refractivity contribution is 9.10. The summed E-state index contributed by atoms with van der Waals surface area (Å²) in [7, 11) is 1.40. The van der Waals surface area contributed by atoms with Gasteiger partial charge < -0.3 is 24.2 Å². The van der Waals surface area contributed by atoms with Crippen molar-refractivity contribution < 1.29 is 23.8 Å². The summed E-state index contributed by atoms with van der Waals surface area (Å²) >= 11 is 16.2. The van der Waals surface area contributed by atoms with Crippen LogP contribution in [0.5, 0.6) is 0 Å². The third kappa shape index (κ3) is 8.39. The molecular formula is C44H34BrCl2N3O5. The topological polar surface area (TPSA) is 121 Å². The summed E-state index contributed by atoms with van der Waals surface area (Å²) in [5.41, 5.74) is 11.4. The van der Waals surface area contributed by atoms with Crippen LogP contribution < -0.4 is 0 Å². The first-order chi connectivity index (χ1) is 26.4. The molecule has 55 heavy (non-hydrogen) atoms. The van der Waals surface area contributed by atoms with Gasteiger partial charge in [-0.2, -0.15) is 0 Å². The minimum Gasteiger partial charge on any atom is -0.478 e. The minimum atomic E-state index is -0.911. The molecule has 11 heteroatoms. The fraction of sp³-hybridized carbons (Fsp3) is 0.114. The molecule has 5 aromatic carbocycles. The first kappa shape index (κ1) is 37.7. The van der Waals surface area contributed by atoms with E-state index in [1.165, 1.54) is 7.11 Å². The number of carbonyl (C=O) groups excluding carboxylic acids is 1. The second kappa shape index (κ2) is 16.0. The number of aromatic carboxylic acids is 1. The Bertz CT molecular complexity index is 2660. The number of hydrogen-bond donors (Lipinski definition) is 3. The first-order valence-corrected chi connectivity index (χ1v) is 18.8. The fourth-order valence-corrected chi connectivity index (χ4v) is 7.33. The molecule has 0 amide bonds. The molecule has 276 valence electrons. The van der Waals surface area contributed by atoms with Crippen LogP contribution in [0.15, 0.2) is 118 Å². The third-order valence-corrected chi connectivity index (χ3v) is 10.9. The molecule has 0 saturated carbocycles. The summed E-state index contributed by atoms with van der Waals surface area (Å²) < 4.78 is 11.1. The number of aromatic nitrogens is 3. The Morgan fingerprint density at radius 3 is 1.89 bits per heavy atom. The van der Waals surface area contributed by atoms with Crippen molar-refractivity contribution >= 4 is 72.9 Å². The van der Waals surface area contributed by atoms with E-state index in [2.05, 4.69) is 49.1 Å². The molecule has 0 bridgehead atoms. The molecular weight excluding hydrogens is 801 g/mol. The highest BCUT2D eigenvalue weighted by Gasteiger charge is 2.14. The Morgan fingerprint density at radius 2 is 1.31 bits per heavy atom. The Labute approximate surface area is 335 Å². The van der Waals surface area contributed by atoms with Gasteiger partial charge in [-0.3, -0.25) is 0 Å². The van der Waals surface area contributed by atoms with Crippen molar-refractivity contribution in [2.45, 2.75) is 26.7 Å². The molecule has 8 aromatic rings. The van der Waals surface area contributed by atoms with Gasteiger partial charge in [0.1, 0.15) is 6.26 Å². The van der Waals surface area contributed by atoms with Gasteiger partial charge in [0.2, 0.25) is 5.89 Å². The van der Waals surface area contributed by atoms with Crippen molar-refractivity contribution in [3.05, 3.63) is 169 Å². The number of H-pyrrole nitrogens is 2. The van der Waals surface area contributed by atoms with E-state index in [0.29, 0.717) is 39.9 Å². The molecule has 0 aliphatic rings. The predicted molar refractivity (Wildman–Crippen MR) is 222 cm³/mol. The predicted octanol–water partition coefficient (Wildman–Crippen LogP) is 12.0. The van der Waals surface area contributed by atoms with Gasteiger partial charge in [-0.1, -0.05) is 59.6 Å². The highest BCUT2D eigenvalue weighted by atomic mass is 79.9. The smallest absolute Gasteiger partial charge is 0.338 e. The lowest BCUT2D eigenvalue weighted by Crippen LogP contribution is -2.04. The summed E-state index contributed by atoms with van der Waals surface area (Å²) in [6.45, 7) is 3.70. The van der Waals surface area contributed by atoms with Crippen LogP contribution in [0.2, 0.25) is 10.0 Å². The van der Waals surface area contributed by atoms with E-state index in [1.54, 1.807) is 25.5 Å². The number of nitrogens with zero attached hydrogens (tertiary/aromatic N) is 1. The van der Waals surface area contributed by atoms with Crippen molar-refractivity contribution in [1.29, 1.82) is 0 Å². The van der Waals surface area contributed by atoms with Crippen LogP contribution >= 0.6 is 39.1 Å².